The molecule has 0 saturated heterocycles. The van der Waals surface area contributed by atoms with Crippen molar-refractivity contribution in [2.75, 3.05) is 0 Å². The van der Waals surface area contributed by atoms with E-state index in [0.29, 0.717) is 23.5 Å². The fraction of sp³-hybridized carbons (Fsp3) is 0.533. The SMILES string of the molecule is CC(C)CCC(=O)C1CC1c1ccccc1. The Kier molecular flexibility index (Phi) is 3.42. The van der Waals surface area contributed by atoms with Crippen LogP contribution in [0.15, 0.2) is 30.3 Å². The molecule has 86 valence electrons. The van der Waals surface area contributed by atoms with Crippen molar-refractivity contribution < 1.29 is 4.79 Å². The average molecular weight is 216 g/mol. The first-order chi connectivity index (χ1) is 7.68. The highest BCUT2D eigenvalue weighted by Crippen LogP contribution is 2.48. The molecule has 1 aliphatic carbocycles. The predicted octanol–water partition coefficient (Wildman–Crippen LogP) is 3.80. The van der Waals surface area contributed by atoms with Crippen molar-refractivity contribution in [2.45, 2.75) is 39.0 Å². The normalized spacial score (nSPS) is 23.4. The van der Waals surface area contributed by atoms with Gasteiger partial charge in [0.2, 0.25) is 0 Å². The maximum Gasteiger partial charge on any atom is 0.136 e. The maximum atomic E-state index is 11.9. The highest BCUT2D eigenvalue weighted by molar-refractivity contribution is 5.84. The van der Waals surface area contributed by atoms with Crippen molar-refractivity contribution in [1.82, 2.24) is 0 Å². The summed E-state index contributed by atoms with van der Waals surface area (Å²) in [7, 11) is 0. The van der Waals surface area contributed by atoms with Gasteiger partial charge in [-0.25, -0.2) is 0 Å². The molecule has 16 heavy (non-hydrogen) atoms. The molecule has 1 aliphatic rings. The lowest BCUT2D eigenvalue weighted by Crippen LogP contribution is -2.04. The Labute approximate surface area is 97.9 Å². The first-order valence-electron chi connectivity index (χ1n) is 6.26. The van der Waals surface area contributed by atoms with Crippen LogP contribution in [0.2, 0.25) is 0 Å². The Bertz CT molecular complexity index is 353. The molecule has 0 spiro atoms. The van der Waals surface area contributed by atoms with Gasteiger partial charge in [-0.3, -0.25) is 4.79 Å². The number of carbonyl (C=O) groups excluding carboxylic acids is 1. The second kappa shape index (κ2) is 4.82. The lowest BCUT2D eigenvalue weighted by atomic mass is 10.0. The number of Topliss-reactive ketones (excluding diaryl/α,β-unsaturated/α-hetero) is 1. The van der Waals surface area contributed by atoms with Gasteiger partial charge < -0.3 is 0 Å². The Morgan fingerprint density at radius 1 is 1.31 bits per heavy atom. The third kappa shape index (κ3) is 2.72. The monoisotopic (exact) mass is 216 g/mol. The smallest absolute Gasteiger partial charge is 0.136 e. The minimum absolute atomic E-state index is 0.321. The van der Waals surface area contributed by atoms with Crippen molar-refractivity contribution in [3.8, 4) is 0 Å². The molecule has 0 heterocycles. The summed E-state index contributed by atoms with van der Waals surface area (Å²) in [5.41, 5.74) is 1.34. The second-order valence-corrected chi connectivity index (χ2v) is 5.26. The lowest BCUT2D eigenvalue weighted by molar-refractivity contribution is -0.120. The van der Waals surface area contributed by atoms with E-state index in [0.717, 1.165) is 19.3 Å². The standard InChI is InChI=1S/C15H20O/c1-11(2)8-9-15(16)14-10-13(14)12-6-4-3-5-7-12/h3-7,11,13-14H,8-10H2,1-2H3. The quantitative estimate of drug-likeness (QED) is 0.731. The van der Waals surface area contributed by atoms with Crippen molar-refractivity contribution in [3.63, 3.8) is 0 Å². The third-order valence-electron chi connectivity index (χ3n) is 3.40. The van der Waals surface area contributed by atoms with Gasteiger partial charge in [-0.2, -0.15) is 0 Å². The summed E-state index contributed by atoms with van der Waals surface area (Å²) >= 11 is 0. The molecule has 1 nitrogen and oxygen atoms in total. The van der Waals surface area contributed by atoms with Gasteiger partial charge in [0.25, 0.3) is 0 Å². The largest absolute Gasteiger partial charge is 0.299 e. The molecule has 2 atom stereocenters. The van der Waals surface area contributed by atoms with E-state index in [-0.39, 0.29) is 0 Å². The van der Waals surface area contributed by atoms with Crippen molar-refractivity contribution in [1.29, 1.82) is 0 Å². The van der Waals surface area contributed by atoms with Crippen molar-refractivity contribution >= 4 is 5.78 Å². The summed E-state index contributed by atoms with van der Waals surface area (Å²) in [5, 5.41) is 0. The zero-order valence-corrected chi connectivity index (χ0v) is 10.1. The molecule has 1 heteroatoms. The molecule has 0 N–H and O–H groups in total. The second-order valence-electron chi connectivity index (χ2n) is 5.26. The first-order valence-corrected chi connectivity index (χ1v) is 6.26. The van der Waals surface area contributed by atoms with E-state index < -0.39 is 0 Å². The van der Waals surface area contributed by atoms with E-state index in [1.165, 1.54) is 5.56 Å². The first kappa shape index (κ1) is 11.4. The molecular formula is C15H20O. The van der Waals surface area contributed by atoms with Gasteiger partial charge in [-0.15, -0.1) is 0 Å². The fourth-order valence-corrected chi connectivity index (χ4v) is 2.24. The van der Waals surface area contributed by atoms with E-state index in [2.05, 4.69) is 38.1 Å². The van der Waals surface area contributed by atoms with Crippen LogP contribution in [-0.4, -0.2) is 5.78 Å². The molecule has 1 aromatic carbocycles. The molecule has 2 unspecified atom stereocenters. The molecular weight excluding hydrogens is 196 g/mol. The van der Waals surface area contributed by atoms with E-state index in [4.69, 9.17) is 0 Å². The molecule has 0 bridgehead atoms. The van der Waals surface area contributed by atoms with Crippen LogP contribution in [0, 0.1) is 11.8 Å². The predicted molar refractivity (Wildman–Crippen MR) is 66.4 cm³/mol. The summed E-state index contributed by atoms with van der Waals surface area (Å²) in [6, 6.07) is 10.4. The maximum absolute atomic E-state index is 11.9. The van der Waals surface area contributed by atoms with Crippen LogP contribution in [0.25, 0.3) is 0 Å². The lowest BCUT2D eigenvalue weighted by Gasteiger charge is -2.03. The van der Waals surface area contributed by atoms with E-state index >= 15 is 0 Å². The number of ketones is 1. The Morgan fingerprint density at radius 3 is 2.62 bits per heavy atom. The minimum Gasteiger partial charge on any atom is -0.299 e. The summed E-state index contributed by atoms with van der Waals surface area (Å²) in [4.78, 5) is 11.9. The molecule has 2 rings (SSSR count). The summed E-state index contributed by atoms with van der Waals surface area (Å²) in [6.07, 6.45) is 2.88. The summed E-state index contributed by atoms with van der Waals surface area (Å²) in [5.74, 6) is 1.95. The highest BCUT2D eigenvalue weighted by atomic mass is 16.1. The molecule has 1 fully saturated rings. The van der Waals surface area contributed by atoms with Crippen LogP contribution in [-0.2, 0) is 4.79 Å². The minimum atomic E-state index is 0.321. The number of carbonyl (C=O) groups is 1. The van der Waals surface area contributed by atoms with Gasteiger partial charge >= 0.3 is 0 Å². The van der Waals surface area contributed by atoms with Gasteiger partial charge in [0.05, 0.1) is 0 Å². The van der Waals surface area contributed by atoms with Crippen LogP contribution in [0.3, 0.4) is 0 Å². The third-order valence-corrected chi connectivity index (χ3v) is 3.40. The van der Waals surface area contributed by atoms with Crippen molar-refractivity contribution in [2.24, 2.45) is 11.8 Å². The number of hydrogen-bond acceptors (Lipinski definition) is 1. The van der Waals surface area contributed by atoms with Crippen LogP contribution in [0.1, 0.15) is 44.6 Å². The van der Waals surface area contributed by atoms with E-state index in [1.54, 1.807) is 0 Å². The molecule has 0 amide bonds. The average Bonchev–Trinajstić information content (AvgIpc) is 3.07. The number of hydrogen-bond donors (Lipinski definition) is 0. The zero-order chi connectivity index (χ0) is 11.5. The Morgan fingerprint density at radius 2 is 2.00 bits per heavy atom. The Balaban J connectivity index is 1.85. The van der Waals surface area contributed by atoms with E-state index in [9.17, 15) is 4.79 Å². The Hall–Kier alpha value is -1.11. The van der Waals surface area contributed by atoms with Crippen LogP contribution in [0.4, 0.5) is 0 Å². The van der Waals surface area contributed by atoms with Crippen molar-refractivity contribution in [3.05, 3.63) is 35.9 Å². The van der Waals surface area contributed by atoms with Gasteiger partial charge in [0.15, 0.2) is 0 Å². The zero-order valence-electron chi connectivity index (χ0n) is 10.1. The molecule has 1 saturated carbocycles. The van der Waals surface area contributed by atoms with Crippen LogP contribution >= 0.6 is 0 Å². The molecule has 0 aromatic heterocycles. The van der Waals surface area contributed by atoms with Crippen LogP contribution in [0.5, 0.6) is 0 Å². The van der Waals surface area contributed by atoms with Gasteiger partial charge in [-0.05, 0) is 30.2 Å². The summed E-state index contributed by atoms with van der Waals surface area (Å²) < 4.78 is 0. The topological polar surface area (TPSA) is 17.1 Å². The highest BCUT2D eigenvalue weighted by Gasteiger charge is 2.42. The molecule has 0 aliphatic heterocycles. The number of rotatable bonds is 5. The molecule has 1 aromatic rings. The van der Waals surface area contributed by atoms with Crippen LogP contribution < -0.4 is 0 Å². The number of benzene rings is 1. The van der Waals surface area contributed by atoms with Gasteiger partial charge in [0, 0.05) is 12.3 Å². The van der Waals surface area contributed by atoms with Gasteiger partial charge in [-0.1, -0.05) is 44.2 Å². The summed E-state index contributed by atoms with van der Waals surface area (Å²) in [6.45, 7) is 4.35. The van der Waals surface area contributed by atoms with Gasteiger partial charge in [0.1, 0.15) is 5.78 Å². The fourth-order valence-electron chi connectivity index (χ4n) is 2.24. The molecule has 0 radical (unpaired) electrons. The van der Waals surface area contributed by atoms with E-state index in [1.807, 2.05) is 6.07 Å².